The van der Waals surface area contributed by atoms with E-state index in [0.717, 1.165) is 13.1 Å². The molecule has 1 saturated carbocycles. The molecule has 78 valence electrons. The first kappa shape index (κ1) is 9.45. The number of carbonyl (C=O) groups is 2. The van der Waals surface area contributed by atoms with Crippen LogP contribution >= 0.6 is 0 Å². The monoisotopic (exact) mass is 198 g/mol. The molecular weight excluding hydrogens is 184 g/mol. The van der Waals surface area contributed by atoms with E-state index in [9.17, 15) is 9.59 Å². The molecule has 0 radical (unpaired) electrons. The fourth-order valence-corrected chi connectivity index (χ4v) is 1.78. The molecule has 0 atom stereocenters. The molecule has 2 aliphatic rings. The smallest absolute Gasteiger partial charge is 0.319 e. The molecule has 1 aliphatic heterocycles. The molecule has 0 unspecified atom stereocenters. The Bertz CT molecular complexity index is 280. The fraction of sp³-hybridized carbons (Fsp3) is 0.778. The predicted octanol–water partition coefficient (Wildman–Crippen LogP) is -0.719. The van der Waals surface area contributed by atoms with Gasteiger partial charge in [0.1, 0.15) is 5.41 Å². The van der Waals surface area contributed by atoms with Crippen LogP contribution in [0.4, 0.5) is 0 Å². The molecule has 5 heteroatoms. The SMILES string of the molecule is CN1CC(NC(=O)C2(C(=O)O)CC2)C1. The topological polar surface area (TPSA) is 69.6 Å². The molecule has 0 aromatic carbocycles. The quantitative estimate of drug-likeness (QED) is 0.587. The zero-order valence-electron chi connectivity index (χ0n) is 8.12. The highest BCUT2D eigenvalue weighted by molar-refractivity contribution is 6.04. The Morgan fingerprint density at radius 1 is 1.43 bits per heavy atom. The van der Waals surface area contributed by atoms with Gasteiger partial charge in [-0.2, -0.15) is 0 Å². The van der Waals surface area contributed by atoms with Crippen LogP contribution in [-0.2, 0) is 9.59 Å². The number of likely N-dealkylation sites (N-methyl/N-ethyl adjacent to an activating group) is 1. The lowest BCUT2D eigenvalue weighted by Gasteiger charge is -2.37. The number of aliphatic carboxylic acids is 1. The van der Waals surface area contributed by atoms with Gasteiger partial charge in [0, 0.05) is 13.1 Å². The summed E-state index contributed by atoms with van der Waals surface area (Å²) < 4.78 is 0. The molecule has 1 amide bonds. The molecule has 2 fully saturated rings. The first-order valence-corrected chi connectivity index (χ1v) is 4.77. The number of carboxylic acids is 1. The van der Waals surface area contributed by atoms with Crippen molar-refractivity contribution in [3.05, 3.63) is 0 Å². The lowest BCUT2D eigenvalue weighted by Crippen LogP contribution is -2.59. The Morgan fingerprint density at radius 3 is 2.36 bits per heavy atom. The van der Waals surface area contributed by atoms with Crippen molar-refractivity contribution in [1.29, 1.82) is 0 Å². The third-order valence-electron chi connectivity index (χ3n) is 2.99. The molecule has 0 spiro atoms. The zero-order chi connectivity index (χ0) is 10.3. The summed E-state index contributed by atoms with van der Waals surface area (Å²) in [5.74, 6) is -1.29. The summed E-state index contributed by atoms with van der Waals surface area (Å²) in [7, 11) is 1.97. The van der Waals surface area contributed by atoms with Gasteiger partial charge in [0.05, 0.1) is 6.04 Å². The van der Waals surface area contributed by atoms with Gasteiger partial charge in [-0.25, -0.2) is 0 Å². The van der Waals surface area contributed by atoms with Crippen LogP contribution in [0.15, 0.2) is 0 Å². The highest BCUT2D eigenvalue weighted by Gasteiger charge is 2.57. The molecule has 2 N–H and O–H groups in total. The van der Waals surface area contributed by atoms with E-state index in [1.54, 1.807) is 0 Å². The molecule has 0 aromatic rings. The average molecular weight is 198 g/mol. The average Bonchev–Trinajstić information content (AvgIpc) is 2.80. The first-order chi connectivity index (χ1) is 6.54. The number of nitrogens with zero attached hydrogens (tertiary/aromatic N) is 1. The molecule has 5 nitrogen and oxygen atoms in total. The van der Waals surface area contributed by atoms with E-state index < -0.39 is 11.4 Å². The third kappa shape index (κ3) is 1.37. The van der Waals surface area contributed by atoms with Gasteiger partial charge in [-0.15, -0.1) is 0 Å². The van der Waals surface area contributed by atoms with Gasteiger partial charge in [0.25, 0.3) is 0 Å². The Kier molecular flexibility index (Phi) is 1.99. The molecule has 2 rings (SSSR count). The Labute approximate surface area is 82.1 Å². The number of carboxylic acid groups (broad SMARTS) is 1. The van der Waals surface area contributed by atoms with Gasteiger partial charge in [0.2, 0.25) is 5.91 Å². The van der Waals surface area contributed by atoms with E-state index in [-0.39, 0.29) is 11.9 Å². The van der Waals surface area contributed by atoms with Gasteiger partial charge >= 0.3 is 5.97 Å². The normalized spacial score (nSPS) is 25.2. The van der Waals surface area contributed by atoms with Crippen molar-refractivity contribution >= 4 is 11.9 Å². The highest BCUT2D eigenvalue weighted by Crippen LogP contribution is 2.46. The lowest BCUT2D eigenvalue weighted by atomic mass is 10.0. The summed E-state index contributed by atoms with van der Waals surface area (Å²) in [6.45, 7) is 1.64. The van der Waals surface area contributed by atoms with Gasteiger partial charge in [-0.3, -0.25) is 9.59 Å². The highest BCUT2D eigenvalue weighted by atomic mass is 16.4. The van der Waals surface area contributed by atoms with Crippen LogP contribution in [0.25, 0.3) is 0 Å². The minimum absolute atomic E-state index is 0.143. The predicted molar refractivity (Wildman–Crippen MR) is 48.7 cm³/mol. The van der Waals surface area contributed by atoms with Crippen molar-refractivity contribution in [3.63, 3.8) is 0 Å². The number of rotatable bonds is 3. The maximum Gasteiger partial charge on any atom is 0.319 e. The first-order valence-electron chi connectivity index (χ1n) is 4.77. The number of amides is 1. The van der Waals surface area contributed by atoms with Crippen molar-refractivity contribution in [3.8, 4) is 0 Å². The molecule has 1 heterocycles. The summed E-state index contributed by atoms with van der Waals surface area (Å²) in [6, 6.07) is 0.143. The van der Waals surface area contributed by atoms with Crippen LogP contribution in [0.3, 0.4) is 0 Å². The summed E-state index contributed by atoms with van der Waals surface area (Å²) >= 11 is 0. The number of carbonyl (C=O) groups excluding carboxylic acids is 1. The molecular formula is C9H14N2O3. The second kappa shape index (κ2) is 2.95. The number of hydrogen-bond donors (Lipinski definition) is 2. The molecule has 14 heavy (non-hydrogen) atoms. The number of likely N-dealkylation sites (tertiary alicyclic amines) is 1. The van der Waals surface area contributed by atoms with E-state index in [2.05, 4.69) is 10.2 Å². The second-order valence-corrected chi connectivity index (χ2v) is 4.28. The largest absolute Gasteiger partial charge is 0.480 e. The van der Waals surface area contributed by atoms with Crippen LogP contribution in [0, 0.1) is 5.41 Å². The summed E-state index contributed by atoms with van der Waals surface area (Å²) in [5, 5.41) is 11.6. The van der Waals surface area contributed by atoms with Crippen molar-refractivity contribution in [2.45, 2.75) is 18.9 Å². The summed E-state index contributed by atoms with van der Waals surface area (Å²) in [5.41, 5.74) is -1.09. The van der Waals surface area contributed by atoms with Gasteiger partial charge in [0.15, 0.2) is 0 Å². The van der Waals surface area contributed by atoms with E-state index in [0.29, 0.717) is 12.8 Å². The van der Waals surface area contributed by atoms with Gasteiger partial charge < -0.3 is 15.3 Å². The minimum Gasteiger partial charge on any atom is -0.480 e. The standard InChI is InChI=1S/C9H14N2O3/c1-11-4-6(5-11)10-7(12)9(2-3-9)8(13)14/h6H,2-5H2,1H3,(H,10,12)(H,13,14). The van der Waals surface area contributed by atoms with E-state index in [1.165, 1.54) is 0 Å². The Balaban J connectivity index is 1.87. The van der Waals surface area contributed by atoms with Crippen LogP contribution in [0.1, 0.15) is 12.8 Å². The van der Waals surface area contributed by atoms with Crippen LogP contribution in [-0.4, -0.2) is 48.1 Å². The Hall–Kier alpha value is -1.10. The third-order valence-corrected chi connectivity index (χ3v) is 2.99. The molecule has 0 bridgehead atoms. The van der Waals surface area contributed by atoms with Gasteiger partial charge in [-0.1, -0.05) is 0 Å². The van der Waals surface area contributed by atoms with Gasteiger partial charge in [-0.05, 0) is 19.9 Å². The lowest BCUT2D eigenvalue weighted by molar-refractivity contribution is -0.149. The van der Waals surface area contributed by atoms with E-state index >= 15 is 0 Å². The van der Waals surface area contributed by atoms with Crippen molar-refractivity contribution in [1.82, 2.24) is 10.2 Å². The summed E-state index contributed by atoms with van der Waals surface area (Å²) in [6.07, 6.45) is 0.966. The number of hydrogen-bond acceptors (Lipinski definition) is 3. The van der Waals surface area contributed by atoms with Crippen LogP contribution in [0.5, 0.6) is 0 Å². The molecule has 1 aliphatic carbocycles. The maximum atomic E-state index is 11.6. The zero-order valence-corrected chi connectivity index (χ0v) is 8.12. The van der Waals surface area contributed by atoms with E-state index in [1.807, 2.05) is 7.05 Å². The number of nitrogens with one attached hydrogen (secondary N) is 1. The maximum absolute atomic E-state index is 11.6. The summed E-state index contributed by atoms with van der Waals surface area (Å²) in [4.78, 5) is 24.4. The van der Waals surface area contributed by atoms with Crippen LogP contribution in [0.2, 0.25) is 0 Å². The van der Waals surface area contributed by atoms with Crippen LogP contribution < -0.4 is 5.32 Å². The van der Waals surface area contributed by atoms with E-state index in [4.69, 9.17) is 5.11 Å². The van der Waals surface area contributed by atoms with Crippen molar-refractivity contribution in [2.24, 2.45) is 5.41 Å². The second-order valence-electron chi connectivity index (χ2n) is 4.28. The minimum atomic E-state index is -1.09. The van der Waals surface area contributed by atoms with Crippen molar-refractivity contribution in [2.75, 3.05) is 20.1 Å². The fourth-order valence-electron chi connectivity index (χ4n) is 1.78. The van der Waals surface area contributed by atoms with Crippen molar-refractivity contribution < 1.29 is 14.7 Å². The molecule has 0 aromatic heterocycles. The Morgan fingerprint density at radius 2 is 2.00 bits per heavy atom. The molecule has 1 saturated heterocycles.